The SMILES string of the molecule is C=C1COCc2occc21.CC. The summed E-state index contributed by atoms with van der Waals surface area (Å²) in [6.07, 6.45) is 1.67. The van der Waals surface area contributed by atoms with Crippen molar-refractivity contribution in [3.8, 4) is 0 Å². The van der Waals surface area contributed by atoms with Gasteiger partial charge in [0.05, 0.1) is 12.9 Å². The number of fused-ring (bicyclic) bond motifs is 1. The average Bonchev–Trinajstić information content (AvgIpc) is 2.57. The van der Waals surface area contributed by atoms with Crippen molar-refractivity contribution < 1.29 is 9.15 Å². The standard InChI is InChI=1S/C8H8O2.C2H6/c1-6-4-9-5-8-7(6)2-3-10-8;1-2/h2-3H,1,4-5H2;1-2H3. The van der Waals surface area contributed by atoms with Crippen LogP contribution in [0, 0.1) is 0 Å². The maximum atomic E-state index is 5.17. The van der Waals surface area contributed by atoms with E-state index in [9.17, 15) is 0 Å². The summed E-state index contributed by atoms with van der Waals surface area (Å²) in [7, 11) is 0. The van der Waals surface area contributed by atoms with E-state index in [1.54, 1.807) is 6.26 Å². The second kappa shape index (κ2) is 4.12. The molecule has 0 radical (unpaired) electrons. The van der Waals surface area contributed by atoms with E-state index >= 15 is 0 Å². The summed E-state index contributed by atoms with van der Waals surface area (Å²) in [5, 5.41) is 0. The summed E-state index contributed by atoms with van der Waals surface area (Å²) in [4.78, 5) is 0. The predicted octanol–water partition coefficient (Wildman–Crippen LogP) is 2.85. The first-order chi connectivity index (χ1) is 5.88. The highest BCUT2D eigenvalue weighted by Gasteiger charge is 2.14. The number of rotatable bonds is 0. The van der Waals surface area contributed by atoms with Gasteiger partial charge in [0.15, 0.2) is 0 Å². The van der Waals surface area contributed by atoms with Crippen LogP contribution in [0.2, 0.25) is 0 Å². The Labute approximate surface area is 72.8 Å². The van der Waals surface area contributed by atoms with Crippen molar-refractivity contribution >= 4 is 5.57 Å². The van der Waals surface area contributed by atoms with Gasteiger partial charge in [-0.3, -0.25) is 0 Å². The van der Waals surface area contributed by atoms with Gasteiger partial charge >= 0.3 is 0 Å². The highest BCUT2D eigenvalue weighted by molar-refractivity contribution is 5.66. The number of ether oxygens (including phenoxy) is 1. The highest BCUT2D eigenvalue weighted by Crippen LogP contribution is 2.24. The zero-order valence-corrected chi connectivity index (χ0v) is 7.59. The molecular formula is C10H14O2. The van der Waals surface area contributed by atoms with Crippen molar-refractivity contribution in [2.45, 2.75) is 20.5 Å². The summed E-state index contributed by atoms with van der Waals surface area (Å²) in [5.74, 6) is 0.899. The maximum absolute atomic E-state index is 5.17. The van der Waals surface area contributed by atoms with Crippen LogP contribution >= 0.6 is 0 Å². The monoisotopic (exact) mass is 166 g/mol. The number of hydrogen-bond donors (Lipinski definition) is 0. The predicted molar refractivity (Wildman–Crippen MR) is 48.7 cm³/mol. The van der Waals surface area contributed by atoms with Crippen LogP contribution < -0.4 is 0 Å². The lowest BCUT2D eigenvalue weighted by Crippen LogP contribution is -2.05. The molecule has 0 fully saturated rings. The van der Waals surface area contributed by atoms with Gasteiger partial charge in [-0.1, -0.05) is 20.4 Å². The summed E-state index contributed by atoms with van der Waals surface area (Å²) in [5.41, 5.74) is 2.13. The lowest BCUT2D eigenvalue weighted by atomic mass is 10.1. The molecule has 0 atom stereocenters. The van der Waals surface area contributed by atoms with Gasteiger partial charge < -0.3 is 9.15 Å². The minimum atomic E-state index is 0.585. The van der Waals surface area contributed by atoms with Gasteiger partial charge in [0.1, 0.15) is 12.4 Å². The Morgan fingerprint density at radius 3 is 2.75 bits per heavy atom. The first-order valence-corrected chi connectivity index (χ1v) is 4.20. The molecule has 0 aromatic carbocycles. The summed E-state index contributed by atoms with van der Waals surface area (Å²) >= 11 is 0. The Morgan fingerprint density at radius 1 is 1.33 bits per heavy atom. The van der Waals surface area contributed by atoms with Crippen molar-refractivity contribution in [2.24, 2.45) is 0 Å². The molecule has 2 heterocycles. The molecule has 12 heavy (non-hydrogen) atoms. The Kier molecular flexibility index (Phi) is 3.11. The fraction of sp³-hybridized carbons (Fsp3) is 0.400. The molecule has 0 unspecified atom stereocenters. The molecule has 0 saturated heterocycles. The molecule has 0 saturated carbocycles. The van der Waals surface area contributed by atoms with Gasteiger partial charge in [-0.05, 0) is 11.6 Å². The molecule has 0 bridgehead atoms. The van der Waals surface area contributed by atoms with Crippen LogP contribution in [0.3, 0.4) is 0 Å². The third-order valence-electron chi connectivity index (χ3n) is 1.64. The van der Waals surface area contributed by atoms with E-state index in [-0.39, 0.29) is 0 Å². The minimum absolute atomic E-state index is 0.585. The van der Waals surface area contributed by atoms with E-state index in [0.717, 1.165) is 16.9 Å². The molecule has 0 N–H and O–H groups in total. The van der Waals surface area contributed by atoms with Crippen LogP contribution in [-0.2, 0) is 11.3 Å². The Balaban J connectivity index is 0.000000336. The van der Waals surface area contributed by atoms with E-state index in [1.807, 2.05) is 19.9 Å². The van der Waals surface area contributed by atoms with Crippen molar-refractivity contribution in [3.63, 3.8) is 0 Å². The zero-order chi connectivity index (χ0) is 8.97. The van der Waals surface area contributed by atoms with E-state index in [4.69, 9.17) is 9.15 Å². The van der Waals surface area contributed by atoms with E-state index < -0.39 is 0 Å². The lowest BCUT2D eigenvalue weighted by Gasteiger charge is -2.12. The quantitative estimate of drug-likeness (QED) is 0.591. The molecule has 1 aromatic rings. The summed E-state index contributed by atoms with van der Waals surface area (Å²) < 4.78 is 10.3. The van der Waals surface area contributed by atoms with Gasteiger partial charge in [-0.25, -0.2) is 0 Å². The fourth-order valence-corrected chi connectivity index (χ4v) is 1.11. The molecule has 0 aliphatic carbocycles. The molecule has 2 nitrogen and oxygen atoms in total. The third kappa shape index (κ3) is 1.59. The van der Waals surface area contributed by atoms with E-state index in [1.165, 1.54) is 0 Å². The molecule has 1 aliphatic rings. The Bertz CT molecular complexity index is 261. The van der Waals surface area contributed by atoms with Crippen molar-refractivity contribution in [1.29, 1.82) is 0 Å². The maximum Gasteiger partial charge on any atom is 0.136 e. The first-order valence-electron chi connectivity index (χ1n) is 4.20. The number of hydrogen-bond acceptors (Lipinski definition) is 2. The largest absolute Gasteiger partial charge is 0.466 e. The second-order valence-corrected chi connectivity index (χ2v) is 2.35. The van der Waals surface area contributed by atoms with Gasteiger partial charge in [0, 0.05) is 5.56 Å². The highest BCUT2D eigenvalue weighted by atomic mass is 16.5. The molecule has 2 rings (SSSR count). The smallest absolute Gasteiger partial charge is 0.136 e. The second-order valence-electron chi connectivity index (χ2n) is 2.35. The van der Waals surface area contributed by atoms with E-state index in [0.29, 0.717) is 13.2 Å². The Hall–Kier alpha value is -1.02. The van der Waals surface area contributed by atoms with E-state index in [2.05, 4.69) is 6.58 Å². The third-order valence-corrected chi connectivity index (χ3v) is 1.64. The van der Waals surface area contributed by atoms with Crippen molar-refractivity contribution in [3.05, 3.63) is 30.2 Å². The van der Waals surface area contributed by atoms with Crippen LogP contribution in [-0.4, -0.2) is 6.61 Å². The normalized spacial score (nSPS) is 14.7. The molecule has 1 aliphatic heterocycles. The summed E-state index contributed by atoms with van der Waals surface area (Å²) in [6, 6.07) is 1.93. The van der Waals surface area contributed by atoms with Gasteiger partial charge in [-0.2, -0.15) is 0 Å². The molecule has 1 aromatic heterocycles. The molecule has 2 heteroatoms. The van der Waals surface area contributed by atoms with Crippen molar-refractivity contribution in [1.82, 2.24) is 0 Å². The topological polar surface area (TPSA) is 22.4 Å². The van der Waals surface area contributed by atoms with Gasteiger partial charge in [0.2, 0.25) is 0 Å². The molecule has 66 valence electrons. The van der Waals surface area contributed by atoms with Crippen LogP contribution in [0.15, 0.2) is 23.3 Å². The van der Waals surface area contributed by atoms with Crippen LogP contribution in [0.25, 0.3) is 5.57 Å². The Morgan fingerprint density at radius 2 is 2.08 bits per heavy atom. The zero-order valence-electron chi connectivity index (χ0n) is 7.59. The molecule has 0 amide bonds. The first kappa shape index (κ1) is 9.07. The minimum Gasteiger partial charge on any atom is -0.466 e. The van der Waals surface area contributed by atoms with Crippen LogP contribution in [0.5, 0.6) is 0 Å². The molecule has 0 spiro atoms. The fourth-order valence-electron chi connectivity index (χ4n) is 1.11. The van der Waals surface area contributed by atoms with Gasteiger partial charge in [0.25, 0.3) is 0 Å². The lowest BCUT2D eigenvalue weighted by molar-refractivity contribution is 0.128. The van der Waals surface area contributed by atoms with Crippen molar-refractivity contribution in [2.75, 3.05) is 6.61 Å². The van der Waals surface area contributed by atoms with Crippen LogP contribution in [0.4, 0.5) is 0 Å². The summed E-state index contributed by atoms with van der Waals surface area (Å²) in [6.45, 7) is 9.06. The van der Waals surface area contributed by atoms with Gasteiger partial charge in [-0.15, -0.1) is 0 Å². The van der Waals surface area contributed by atoms with Crippen LogP contribution in [0.1, 0.15) is 25.2 Å². The average molecular weight is 166 g/mol. The number of furan rings is 1. The molecular weight excluding hydrogens is 152 g/mol.